The van der Waals surface area contributed by atoms with Gasteiger partial charge in [0.15, 0.2) is 0 Å². The number of carboxylic acids is 1. The second kappa shape index (κ2) is 12.1. The van der Waals surface area contributed by atoms with E-state index in [1.165, 1.54) is 63.6 Å². The van der Waals surface area contributed by atoms with Gasteiger partial charge >= 0.3 is 5.97 Å². The summed E-state index contributed by atoms with van der Waals surface area (Å²) in [6.45, 7) is 5.93. The number of hydrogen-bond acceptors (Lipinski definition) is 1. The molecule has 0 amide bonds. The summed E-state index contributed by atoms with van der Waals surface area (Å²) in [6, 6.07) is 0. The largest absolute Gasteiger partial charge is 0.481 e. The van der Waals surface area contributed by atoms with E-state index in [1.54, 1.807) is 0 Å². The third-order valence-electron chi connectivity index (χ3n) is 4.50. The molecule has 0 unspecified atom stereocenters. The van der Waals surface area contributed by atoms with Crippen molar-refractivity contribution in [3.63, 3.8) is 0 Å². The number of aromatic nitrogens is 2. The van der Waals surface area contributed by atoms with E-state index in [0.717, 1.165) is 13.0 Å². The first-order valence-corrected chi connectivity index (χ1v) is 9.48. The normalized spacial score (nSPS) is 11.0. The number of rotatable bonds is 14. The lowest BCUT2D eigenvalue weighted by atomic mass is 10.1. The number of carboxylic acid groups (broad SMARTS) is 1. The molecule has 1 aromatic heterocycles. The molecule has 1 N–H and O–H groups in total. The number of nitrogens with zero attached hydrogens (tertiary/aromatic N) is 2. The molecule has 0 saturated carbocycles. The zero-order valence-corrected chi connectivity index (χ0v) is 15.1. The number of aryl methyl sites for hydroxylation is 2. The Morgan fingerprint density at radius 2 is 1.65 bits per heavy atom. The number of aliphatic carboxylic acids is 1. The number of carbonyl (C=O) groups is 1. The van der Waals surface area contributed by atoms with Crippen molar-refractivity contribution in [3.05, 3.63) is 18.2 Å². The lowest BCUT2D eigenvalue weighted by Gasteiger charge is -2.04. The molecule has 0 fully saturated rings. The molecule has 23 heavy (non-hydrogen) atoms. The first kappa shape index (κ1) is 19.7. The standard InChI is InChI=1S/C19H34N2O2/c1-3-5-6-7-8-9-10-11-12-13-18-20(4-2)16-17-21(18)15-14-19(22)23/h16-17H,3-15H2,1-2H3/p+1. The fourth-order valence-corrected chi connectivity index (χ4v) is 3.09. The highest BCUT2D eigenvalue weighted by atomic mass is 16.4. The summed E-state index contributed by atoms with van der Waals surface area (Å²) in [5.74, 6) is 0.549. The summed E-state index contributed by atoms with van der Waals surface area (Å²) >= 11 is 0. The average molecular weight is 324 g/mol. The highest BCUT2D eigenvalue weighted by Gasteiger charge is 2.16. The van der Waals surface area contributed by atoms with Gasteiger partial charge in [-0.25, -0.2) is 9.13 Å². The molecule has 0 radical (unpaired) electrons. The van der Waals surface area contributed by atoms with Crippen LogP contribution in [-0.2, 0) is 24.3 Å². The molecule has 4 nitrogen and oxygen atoms in total. The van der Waals surface area contributed by atoms with Gasteiger partial charge in [0.2, 0.25) is 0 Å². The van der Waals surface area contributed by atoms with Gasteiger partial charge in [0.25, 0.3) is 5.82 Å². The molecule has 1 aromatic rings. The first-order valence-electron chi connectivity index (χ1n) is 9.48. The minimum absolute atomic E-state index is 0.198. The smallest absolute Gasteiger partial charge is 0.307 e. The zero-order valence-electron chi connectivity index (χ0n) is 15.1. The van der Waals surface area contributed by atoms with Gasteiger partial charge in [0.1, 0.15) is 18.9 Å². The van der Waals surface area contributed by atoms with Gasteiger partial charge in [-0.05, 0) is 13.3 Å². The Bertz CT molecular complexity index is 441. The molecular weight excluding hydrogens is 288 g/mol. The first-order chi connectivity index (χ1) is 11.2. The summed E-state index contributed by atoms with van der Waals surface area (Å²) in [6.07, 6.45) is 17.4. The van der Waals surface area contributed by atoms with Crippen molar-refractivity contribution in [1.82, 2.24) is 4.57 Å². The minimum atomic E-state index is -0.726. The van der Waals surface area contributed by atoms with E-state index in [9.17, 15) is 4.79 Å². The molecule has 4 heteroatoms. The van der Waals surface area contributed by atoms with E-state index in [2.05, 4.69) is 29.2 Å². The molecule has 0 aliphatic carbocycles. The van der Waals surface area contributed by atoms with Crippen molar-refractivity contribution in [2.24, 2.45) is 0 Å². The molecule has 0 saturated heterocycles. The highest BCUT2D eigenvalue weighted by Crippen LogP contribution is 2.11. The minimum Gasteiger partial charge on any atom is -0.481 e. The molecular formula is C19H35N2O2+. The third-order valence-corrected chi connectivity index (χ3v) is 4.50. The SMILES string of the molecule is CCCCCCCCCCCc1n(CC)cc[n+]1CCC(=O)O. The Hall–Kier alpha value is -1.32. The van der Waals surface area contributed by atoms with Crippen LogP contribution in [0.2, 0.25) is 0 Å². The van der Waals surface area contributed by atoms with Crippen molar-refractivity contribution in [3.8, 4) is 0 Å². The van der Waals surface area contributed by atoms with Gasteiger partial charge in [-0.3, -0.25) is 4.79 Å². The van der Waals surface area contributed by atoms with Crippen LogP contribution < -0.4 is 4.57 Å². The molecule has 1 heterocycles. The molecule has 0 aromatic carbocycles. The Labute approximate surface area is 141 Å². The summed E-state index contributed by atoms with van der Waals surface area (Å²) in [7, 11) is 0. The second-order valence-corrected chi connectivity index (χ2v) is 6.42. The van der Waals surface area contributed by atoms with Crippen LogP contribution in [0.5, 0.6) is 0 Å². The summed E-state index contributed by atoms with van der Waals surface area (Å²) in [4.78, 5) is 10.8. The average Bonchev–Trinajstić information content (AvgIpc) is 2.93. The summed E-state index contributed by atoms with van der Waals surface area (Å²) in [5, 5.41) is 8.86. The molecule has 0 atom stereocenters. The van der Waals surface area contributed by atoms with Crippen LogP contribution in [0.25, 0.3) is 0 Å². The van der Waals surface area contributed by atoms with Crippen molar-refractivity contribution < 1.29 is 14.5 Å². The van der Waals surface area contributed by atoms with Gasteiger partial charge in [0, 0.05) is 6.42 Å². The Kier molecular flexibility index (Phi) is 10.4. The Morgan fingerprint density at radius 3 is 2.22 bits per heavy atom. The van der Waals surface area contributed by atoms with E-state index in [1.807, 2.05) is 6.20 Å². The van der Waals surface area contributed by atoms with E-state index >= 15 is 0 Å². The highest BCUT2D eigenvalue weighted by molar-refractivity contribution is 5.66. The number of imidazole rings is 1. The van der Waals surface area contributed by atoms with Crippen LogP contribution in [0.4, 0.5) is 0 Å². The van der Waals surface area contributed by atoms with E-state index in [-0.39, 0.29) is 6.42 Å². The van der Waals surface area contributed by atoms with E-state index < -0.39 is 5.97 Å². The van der Waals surface area contributed by atoms with E-state index in [0.29, 0.717) is 6.54 Å². The van der Waals surface area contributed by atoms with Crippen LogP contribution in [0.15, 0.2) is 12.4 Å². The number of hydrogen-bond donors (Lipinski definition) is 1. The fraction of sp³-hybridized carbons (Fsp3) is 0.789. The molecule has 0 spiro atoms. The molecule has 1 rings (SSSR count). The lowest BCUT2D eigenvalue weighted by Crippen LogP contribution is -2.38. The monoisotopic (exact) mass is 323 g/mol. The van der Waals surface area contributed by atoms with Crippen molar-refractivity contribution in [2.75, 3.05) is 0 Å². The maximum absolute atomic E-state index is 10.8. The topological polar surface area (TPSA) is 46.1 Å². The molecule has 0 bridgehead atoms. The fourth-order valence-electron chi connectivity index (χ4n) is 3.09. The third kappa shape index (κ3) is 8.19. The van der Waals surface area contributed by atoms with Gasteiger partial charge in [0.05, 0.1) is 13.0 Å². The quantitative estimate of drug-likeness (QED) is 0.409. The van der Waals surface area contributed by atoms with Crippen LogP contribution in [0, 0.1) is 0 Å². The predicted molar refractivity (Wildman–Crippen MR) is 93.5 cm³/mol. The van der Waals surface area contributed by atoms with Crippen molar-refractivity contribution >= 4 is 5.97 Å². The maximum Gasteiger partial charge on any atom is 0.307 e. The molecule has 0 aliphatic rings. The molecule has 0 aliphatic heterocycles. The van der Waals surface area contributed by atoms with Crippen LogP contribution in [-0.4, -0.2) is 15.6 Å². The van der Waals surface area contributed by atoms with E-state index in [4.69, 9.17) is 5.11 Å². The molecule has 132 valence electrons. The van der Waals surface area contributed by atoms with Crippen molar-refractivity contribution in [2.45, 2.75) is 97.6 Å². The van der Waals surface area contributed by atoms with Crippen molar-refractivity contribution in [1.29, 1.82) is 0 Å². The van der Waals surface area contributed by atoms with Gasteiger partial charge in [-0.1, -0.05) is 58.3 Å². The lowest BCUT2D eigenvalue weighted by molar-refractivity contribution is -0.702. The Morgan fingerprint density at radius 1 is 1.04 bits per heavy atom. The van der Waals surface area contributed by atoms with Gasteiger partial charge in [-0.15, -0.1) is 0 Å². The maximum atomic E-state index is 10.8. The second-order valence-electron chi connectivity index (χ2n) is 6.42. The van der Waals surface area contributed by atoms with Crippen LogP contribution in [0.3, 0.4) is 0 Å². The number of unbranched alkanes of at least 4 members (excludes halogenated alkanes) is 8. The van der Waals surface area contributed by atoms with Gasteiger partial charge < -0.3 is 5.11 Å². The Balaban J connectivity index is 2.25. The summed E-state index contributed by atoms with van der Waals surface area (Å²) in [5.41, 5.74) is 0. The van der Waals surface area contributed by atoms with Gasteiger partial charge in [-0.2, -0.15) is 0 Å². The zero-order chi connectivity index (χ0) is 16.9. The van der Waals surface area contributed by atoms with Crippen LogP contribution >= 0.6 is 0 Å². The predicted octanol–water partition coefficient (Wildman–Crippen LogP) is 4.34. The summed E-state index contributed by atoms with van der Waals surface area (Å²) < 4.78 is 4.36. The van der Waals surface area contributed by atoms with Crippen LogP contribution in [0.1, 0.15) is 83.9 Å².